The Morgan fingerprint density at radius 3 is 2.90 bits per heavy atom. The van der Waals surface area contributed by atoms with Gasteiger partial charge in [-0.15, -0.1) is 11.3 Å². The van der Waals surface area contributed by atoms with Gasteiger partial charge in [0.1, 0.15) is 0 Å². The number of rotatable bonds is 3. The fourth-order valence-corrected chi connectivity index (χ4v) is 2.52. The Morgan fingerprint density at radius 2 is 2.19 bits per heavy atom. The normalized spacial score (nSPS) is 11.8. The number of nitrogens with zero attached hydrogens (tertiary/aromatic N) is 3. The first-order valence-electron chi connectivity index (χ1n) is 6.02. The molecule has 1 aromatic carbocycles. The molecule has 0 bridgehead atoms. The van der Waals surface area contributed by atoms with Gasteiger partial charge in [-0.2, -0.15) is 0 Å². The van der Waals surface area contributed by atoms with Crippen LogP contribution in [0.1, 0.15) is 6.92 Å². The third-order valence-electron chi connectivity index (χ3n) is 2.65. The van der Waals surface area contributed by atoms with E-state index in [9.17, 15) is 9.90 Å². The first-order chi connectivity index (χ1) is 10.1. The minimum atomic E-state index is -0.543. The first-order valence-corrected chi connectivity index (χ1v) is 6.90. The van der Waals surface area contributed by atoms with Crippen molar-refractivity contribution >= 4 is 22.4 Å². The standard InChI is InChI=1S/C13H10N4O3S/c1-8(18)14-13-15-10(7-21-13)11-12(19)20-16-17(11)9-5-3-2-4-6-9/h2-7H,1H3,(H-,14,15,16,18,19). The van der Waals surface area contributed by atoms with Crippen LogP contribution in [0.25, 0.3) is 17.1 Å². The molecule has 1 N–H and O–H groups in total. The number of nitrogens with one attached hydrogen (secondary N) is 1. The van der Waals surface area contributed by atoms with Crippen LogP contribution in [-0.4, -0.2) is 16.2 Å². The maximum atomic E-state index is 11.9. The van der Waals surface area contributed by atoms with Crippen LogP contribution in [0.15, 0.2) is 50.0 Å². The van der Waals surface area contributed by atoms with E-state index in [4.69, 9.17) is 4.52 Å². The van der Waals surface area contributed by atoms with Crippen LogP contribution in [-0.2, 0) is 0 Å². The molecule has 21 heavy (non-hydrogen) atoms. The number of aliphatic imine (C=N–C) groups is 1. The average molecular weight is 302 g/mol. The summed E-state index contributed by atoms with van der Waals surface area (Å²) in [7, 11) is 0. The Hall–Kier alpha value is -2.74. The summed E-state index contributed by atoms with van der Waals surface area (Å²) >= 11 is 1.18. The topological polar surface area (TPSA) is 98.2 Å². The Kier molecular flexibility index (Phi) is 3.36. The van der Waals surface area contributed by atoms with E-state index in [2.05, 4.69) is 15.2 Å². The highest BCUT2D eigenvalue weighted by Gasteiger charge is 2.27. The summed E-state index contributed by atoms with van der Waals surface area (Å²) < 4.78 is 6.34. The second-order valence-corrected chi connectivity index (χ2v) is 4.98. The Balaban J connectivity index is 2.11. The average Bonchev–Trinajstić information content (AvgIpc) is 3.05. The van der Waals surface area contributed by atoms with E-state index in [-0.39, 0.29) is 11.6 Å². The van der Waals surface area contributed by atoms with Gasteiger partial charge < -0.3 is 5.11 Å². The van der Waals surface area contributed by atoms with E-state index in [1.807, 2.05) is 30.3 Å². The lowest BCUT2D eigenvalue weighted by atomic mass is 10.3. The molecule has 0 radical (unpaired) electrons. The predicted molar refractivity (Wildman–Crippen MR) is 74.7 cm³/mol. The molecule has 106 valence electrons. The van der Waals surface area contributed by atoms with E-state index >= 15 is 0 Å². The quantitative estimate of drug-likeness (QED) is 0.439. The molecule has 2 aromatic heterocycles. The minimum Gasteiger partial charge on any atom is -0.862 e. The summed E-state index contributed by atoms with van der Waals surface area (Å²) in [6, 6.07) is 9.20. The molecule has 0 aliphatic carbocycles. The van der Waals surface area contributed by atoms with Gasteiger partial charge in [0, 0.05) is 17.5 Å². The van der Waals surface area contributed by atoms with Gasteiger partial charge in [0.05, 0.1) is 0 Å². The summed E-state index contributed by atoms with van der Waals surface area (Å²) in [6.45, 7) is 1.34. The summed E-state index contributed by atoms with van der Waals surface area (Å²) in [5.74, 6) is -0.340. The second-order valence-electron chi connectivity index (χ2n) is 4.15. The van der Waals surface area contributed by atoms with Crippen LogP contribution in [0.4, 0.5) is 5.13 Å². The zero-order chi connectivity index (χ0) is 14.8. The van der Waals surface area contributed by atoms with Gasteiger partial charge in [-0.3, -0.25) is 4.52 Å². The van der Waals surface area contributed by atoms with Crippen molar-refractivity contribution in [1.82, 2.24) is 10.3 Å². The highest BCUT2D eigenvalue weighted by Crippen LogP contribution is 2.23. The largest absolute Gasteiger partial charge is 0.862 e. The maximum Gasteiger partial charge on any atom is 0.437 e. The minimum absolute atomic E-state index is 0.252. The zero-order valence-corrected chi connectivity index (χ0v) is 11.8. The first kappa shape index (κ1) is 13.3. The fourth-order valence-electron chi connectivity index (χ4n) is 1.81. The fraction of sp³-hybridized carbons (Fsp3) is 0.0769. The van der Waals surface area contributed by atoms with Crippen molar-refractivity contribution in [1.29, 1.82) is 0 Å². The van der Waals surface area contributed by atoms with Crippen molar-refractivity contribution in [2.75, 3.05) is 0 Å². The Morgan fingerprint density at radius 1 is 1.43 bits per heavy atom. The molecule has 0 unspecified atom stereocenters. The van der Waals surface area contributed by atoms with E-state index in [1.54, 1.807) is 5.38 Å². The number of thiazole rings is 1. The number of aromatic nitrogens is 3. The van der Waals surface area contributed by atoms with Gasteiger partial charge in [-0.25, -0.2) is 14.8 Å². The molecule has 2 heterocycles. The molecule has 0 fully saturated rings. The van der Waals surface area contributed by atoms with Crippen LogP contribution < -0.4 is 15.4 Å². The van der Waals surface area contributed by atoms with Crippen LogP contribution >= 0.6 is 11.3 Å². The van der Waals surface area contributed by atoms with Crippen molar-refractivity contribution in [2.45, 2.75) is 6.92 Å². The number of para-hydroxylation sites is 1. The molecule has 0 atom stereocenters. The molecule has 0 amide bonds. The Labute approximate surface area is 122 Å². The third kappa shape index (κ3) is 2.61. The van der Waals surface area contributed by atoms with E-state index < -0.39 is 5.63 Å². The summed E-state index contributed by atoms with van der Waals surface area (Å²) in [5, 5.41) is 15.5. The second kappa shape index (κ2) is 5.33. The maximum absolute atomic E-state index is 11.9. The highest BCUT2D eigenvalue weighted by atomic mass is 32.1. The molecule has 0 aliphatic rings. The monoisotopic (exact) mass is 302 g/mol. The number of H-pyrrole nitrogens is 1. The summed E-state index contributed by atoms with van der Waals surface area (Å²) in [5.41, 5.74) is 0.844. The van der Waals surface area contributed by atoms with Crippen molar-refractivity contribution in [3.8, 4) is 17.1 Å². The lowest BCUT2D eigenvalue weighted by molar-refractivity contribution is -0.660. The summed E-state index contributed by atoms with van der Waals surface area (Å²) in [6.07, 6.45) is 0. The van der Waals surface area contributed by atoms with Crippen LogP contribution in [0, 0.1) is 0 Å². The number of hydrogen-bond donors (Lipinski definition) is 1. The smallest absolute Gasteiger partial charge is 0.437 e. The van der Waals surface area contributed by atoms with Crippen molar-refractivity contribution in [3.63, 3.8) is 0 Å². The van der Waals surface area contributed by atoms with Crippen LogP contribution in [0.2, 0.25) is 0 Å². The van der Waals surface area contributed by atoms with Gasteiger partial charge >= 0.3 is 11.3 Å². The Bertz CT molecular complexity index is 844. The molecule has 3 rings (SSSR count). The molecule has 0 aliphatic heterocycles. The van der Waals surface area contributed by atoms with Crippen molar-refractivity contribution in [2.24, 2.45) is 4.99 Å². The highest BCUT2D eigenvalue weighted by molar-refractivity contribution is 7.13. The molecule has 8 heteroatoms. The predicted octanol–water partition coefficient (Wildman–Crippen LogP) is 0.778. The SMILES string of the molecule is C/C([O-])=N/c1nc(-c2c(=O)o[nH][n+]2-c2ccccc2)cs1. The number of aromatic amines is 1. The number of hydrogen-bond acceptors (Lipinski definition) is 6. The van der Waals surface area contributed by atoms with Crippen molar-refractivity contribution in [3.05, 3.63) is 46.1 Å². The molecule has 0 spiro atoms. The van der Waals surface area contributed by atoms with Gasteiger partial charge in [0.25, 0.3) is 0 Å². The third-order valence-corrected chi connectivity index (χ3v) is 3.38. The molecule has 0 saturated carbocycles. The number of benzene rings is 1. The summed E-state index contributed by atoms with van der Waals surface area (Å²) in [4.78, 5) is 19.8. The molecule has 3 aromatic rings. The van der Waals surface area contributed by atoms with Crippen molar-refractivity contribution < 1.29 is 14.3 Å². The van der Waals surface area contributed by atoms with Gasteiger partial charge in [0.2, 0.25) is 10.8 Å². The van der Waals surface area contributed by atoms with Crippen LogP contribution in [0.5, 0.6) is 0 Å². The van der Waals surface area contributed by atoms with E-state index in [1.165, 1.54) is 22.9 Å². The van der Waals surface area contributed by atoms with Crippen LogP contribution in [0.3, 0.4) is 0 Å². The van der Waals surface area contributed by atoms with E-state index in [0.717, 1.165) is 5.69 Å². The molecular formula is C13H10N4O3S. The van der Waals surface area contributed by atoms with Gasteiger partial charge in [-0.1, -0.05) is 18.2 Å². The molecule has 0 saturated heterocycles. The van der Waals surface area contributed by atoms with E-state index in [0.29, 0.717) is 10.8 Å². The van der Waals surface area contributed by atoms with Gasteiger partial charge in [0.15, 0.2) is 5.69 Å². The molecule has 7 nitrogen and oxygen atoms in total. The zero-order valence-electron chi connectivity index (χ0n) is 10.9. The lowest BCUT2D eigenvalue weighted by Crippen LogP contribution is -2.36. The molecular weight excluding hydrogens is 292 g/mol. The van der Waals surface area contributed by atoms with Gasteiger partial charge in [-0.05, 0) is 22.8 Å². The lowest BCUT2D eigenvalue weighted by Gasteiger charge is -1.97.